The summed E-state index contributed by atoms with van der Waals surface area (Å²) in [6.07, 6.45) is 3.28. The van der Waals surface area contributed by atoms with E-state index >= 15 is 0 Å². The van der Waals surface area contributed by atoms with E-state index in [1.807, 2.05) is 0 Å². The quantitative estimate of drug-likeness (QED) is 0.912. The van der Waals surface area contributed by atoms with Crippen LogP contribution in [0, 0.1) is 0 Å². The Morgan fingerprint density at radius 3 is 2.79 bits per heavy atom. The van der Waals surface area contributed by atoms with E-state index in [0.29, 0.717) is 10.8 Å². The maximum Gasteiger partial charge on any atom is 0.257 e. The third-order valence-corrected chi connectivity index (χ3v) is 3.07. The number of nitrogens with one attached hydrogen (secondary N) is 2. The number of rotatable bonds is 4. The summed E-state index contributed by atoms with van der Waals surface area (Å²) in [4.78, 5) is 19.0. The van der Waals surface area contributed by atoms with Gasteiger partial charge in [0.1, 0.15) is 11.4 Å². The van der Waals surface area contributed by atoms with Crippen molar-refractivity contribution in [2.45, 2.75) is 6.54 Å². The first-order valence-corrected chi connectivity index (χ1v) is 6.17. The Bertz CT molecular complexity index is 585. The van der Waals surface area contributed by atoms with Crippen molar-refractivity contribution in [3.05, 3.63) is 46.0 Å². The van der Waals surface area contributed by atoms with Crippen molar-refractivity contribution >= 4 is 29.1 Å². The minimum absolute atomic E-state index is 0.211. The van der Waals surface area contributed by atoms with Crippen LogP contribution in [-0.2, 0) is 6.54 Å². The fourth-order valence-electron chi connectivity index (χ4n) is 1.59. The Hall–Kier alpha value is -1.72. The molecule has 0 aliphatic carbocycles. The molecule has 2 aromatic rings. The maximum atomic E-state index is 12.1. The van der Waals surface area contributed by atoms with E-state index < -0.39 is 0 Å². The van der Waals surface area contributed by atoms with E-state index in [1.54, 1.807) is 24.5 Å². The summed E-state index contributed by atoms with van der Waals surface area (Å²) in [6.45, 7) is 0.262. The van der Waals surface area contributed by atoms with Crippen molar-refractivity contribution in [2.75, 3.05) is 7.11 Å². The molecule has 0 radical (unpaired) electrons. The van der Waals surface area contributed by atoms with Crippen LogP contribution in [0.1, 0.15) is 16.2 Å². The maximum absolute atomic E-state index is 12.1. The highest BCUT2D eigenvalue weighted by Crippen LogP contribution is 2.33. The number of methoxy groups -OCH3 is 1. The normalized spacial score (nSPS) is 10.3. The van der Waals surface area contributed by atoms with Gasteiger partial charge in [0.25, 0.3) is 5.91 Å². The zero-order valence-electron chi connectivity index (χ0n) is 10.0. The van der Waals surface area contributed by atoms with Gasteiger partial charge in [0.2, 0.25) is 0 Å². The second kappa shape index (κ2) is 5.95. The first-order valence-electron chi connectivity index (χ1n) is 5.42. The van der Waals surface area contributed by atoms with Crippen molar-refractivity contribution in [1.82, 2.24) is 15.3 Å². The standard InChI is InChI=1S/C12H11Cl2N3O2/c1-19-11-8(14)3-2-7(13)10(11)12(18)17-6-9-15-4-5-16-9/h2-5H,6H2,1H3,(H,15,16)(H,17,18). The van der Waals surface area contributed by atoms with Gasteiger partial charge in [-0.05, 0) is 12.1 Å². The molecule has 0 aliphatic heterocycles. The zero-order valence-corrected chi connectivity index (χ0v) is 11.5. The lowest BCUT2D eigenvalue weighted by Gasteiger charge is -2.11. The van der Waals surface area contributed by atoms with Crippen molar-refractivity contribution in [1.29, 1.82) is 0 Å². The minimum atomic E-state index is -0.374. The fraction of sp³-hybridized carbons (Fsp3) is 0.167. The van der Waals surface area contributed by atoms with Crippen LogP contribution in [-0.4, -0.2) is 23.0 Å². The third-order valence-electron chi connectivity index (χ3n) is 2.46. The molecule has 0 bridgehead atoms. The number of carbonyl (C=O) groups is 1. The van der Waals surface area contributed by atoms with Gasteiger partial charge in [-0.15, -0.1) is 0 Å². The van der Waals surface area contributed by atoms with Crippen LogP contribution in [0.15, 0.2) is 24.5 Å². The summed E-state index contributed by atoms with van der Waals surface area (Å²) in [5.74, 6) is 0.525. The smallest absolute Gasteiger partial charge is 0.257 e. The second-order valence-corrected chi connectivity index (χ2v) is 4.47. The Labute approximate surface area is 119 Å². The van der Waals surface area contributed by atoms with Crippen molar-refractivity contribution in [3.63, 3.8) is 0 Å². The number of H-pyrrole nitrogens is 1. The Kier molecular flexibility index (Phi) is 4.29. The van der Waals surface area contributed by atoms with Crippen LogP contribution >= 0.6 is 23.2 Å². The third kappa shape index (κ3) is 3.00. The van der Waals surface area contributed by atoms with Gasteiger partial charge in [-0.25, -0.2) is 4.98 Å². The van der Waals surface area contributed by atoms with Gasteiger partial charge in [-0.1, -0.05) is 23.2 Å². The second-order valence-electron chi connectivity index (χ2n) is 3.66. The Morgan fingerprint density at radius 1 is 1.42 bits per heavy atom. The van der Waals surface area contributed by atoms with E-state index in [1.165, 1.54) is 7.11 Å². The topological polar surface area (TPSA) is 67.0 Å². The van der Waals surface area contributed by atoms with E-state index in [2.05, 4.69) is 15.3 Å². The van der Waals surface area contributed by atoms with Crippen LogP contribution in [0.2, 0.25) is 10.0 Å². The molecule has 1 aromatic carbocycles. The summed E-state index contributed by atoms with van der Waals surface area (Å²) in [6, 6.07) is 3.13. The van der Waals surface area contributed by atoms with Gasteiger partial charge >= 0.3 is 0 Å². The van der Waals surface area contributed by atoms with Crippen molar-refractivity contribution < 1.29 is 9.53 Å². The summed E-state index contributed by atoms with van der Waals surface area (Å²) in [5, 5.41) is 3.29. The average Bonchev–Trinajstić information content (AvgIpc) is 2.91. The van der Waals surface area contributed by atoms with E-state index in [-0.39, 0.29) is 28.8 Å². The summed E-state index contributed by atoms with van der Waals surface area (Å²) < 4.78 is 5.11. The fourth-order valence-corrected chi connectivity index (χ4v) is 2.06. The summed E-state index contributed by atoms with van der Waals surface area (Å²) in [5.41, 5.74) is 0.211. The SMILES string of the molecule is COc1c(Cl)ccc(Cl)c1C(=O)NCc1ncc[nH]1. The molecule has 2 N–H and O–H groups in total. The Balaban J connectivity index is 2.21. The van der Waals surface area contributed by atoms with Crippen LogP contribution in [0.5, 0.6) is 5.75 Å². The first-order chi connectivity index (χ1) is 9.13. The summed E-state index contributed by atoms with van der Waals surface area (Å²) >= 11 is 12.0. The first kappa shape index (κ1) is 13.7. The van der Waals surface area contributed by atoms with Crippen LogP contribution in [0.25, 0.3) is 0 Å². The minimum Gasteiger partial charge on any atom is -0.494 e. The number of hydrogen-bond acceptors (Lipinski definition) is 3. The molecule has 0 saturated carbocycles. The van der Waals surface area contributed by atoms with Crippen LogP contribution < -0.4 is 10.1 Å². The molecule has 100 valence electrons. The molecular formula is C12H11Cl2N3O2. The van der Waals surface area contributed by atoms with E-state index in [0.717, 1.165) is 0 Å². The van der Waals surface area contributed by atoms with Crippen molar-refractivity contribution in [2.24, 2.45) is 0 Å². The van der Waals surface area contributed by atoms with Gasteiger partial charge in [0.15, 0.2) is 5.75 Å². The van der Waals surface area contributed by atoms with Crippen LogP contribution in [0.4, 0.5) is 0 Å². The number of imidazole rings is 1. The van der Waals surface area contributed by atoms with Gasteiger partial charge in [-0.2, -0.15) is 0 Å². The number of aromatic nitrogens is 2. The lowest BCUT2D eigenvalue weighted by atomic mass is 10.2. The molecule has 2 rings (SSSR count). The molecule has 1 amide bonds. The molecule has 19 heavy (non-hydrogen) atoms. The number of carbonyl (C=O) groups excluding carboxylic acids is 1. The number of amides is 1. The highest BCUT2D eigenvalue weighted by atomic mass is 35.5. The molecule has 0 aliphatic rings. The molecule has 7 heteroatoms. The summed E-state index contributed by atoms with van der Waals surface area (Å²) in [7, 11) is 1.43. The predicted octanol–water partition coefficient (Wildman–Crippen LogP) is 2.66. The largest absolute Gasteiger partial charge is 0.494 e. The predicted molar refractivity (Wildman–Crippen MR) is 72.8 cm³/mol. The molecule has 0 saturated heterocycles. The molecule has 0 unspecified atom stereocenters. The van der Waals surface area contributed by atoms with Crippen molar-refractivity contribution in [3.8, 4) is 5.75 Å². The number of aromatic amines is 1. The lowest BCUT2D eigenvalue weighted by molar-refractivity contribution is 0.0947. The van der Waals surface area contributed by atoms with Gasteiger partial charge in [-0.3, -0.25) is 4.79 Å². The number of halogens is 2. The van der Waals surface area contributed by atoms with E-state index in [4.69, 9.17) is 27.9 Å². The molecular weight excluding hydrogens is 289 g/mol. The van der Waals surface area contributed by atoms with Gasteiger partial charge < -0.3 is 15.0 Å². The lowest BCUT2D eigenvalue weighted by Crippen LogP contribution is -2.24. The molecule has 0 fully saturated rings. The monoisotopic (exact) mass is 299 g/mol. The van der Waals surface area contributed by atoms with Gasteiger partial charge in [0, 0.05) is 12.4 Å². The Morgan fingerprint density at radius 2 is 2.16 bits per heavy atom. The highest BCUT2D eigenvalue weighted by Gasteiger charge is 2.19. The molecule has 1 aromatic heterocycles. The molecule has 0 atom stereocenters. The average molecular weight is 300 g/mol. The molecule has 1 heterocycles. The number of hydrogen-bond donors (Lipinski definition) is 2. The number of nitrogens with zero attached hydrogens (tertiary/aromatic N) is 1. The highest BCUT2D eigenvalue weighted by molar-refractivity contribution is 6.37. The number of benzene rings is 1. The molecule has 0 spiro atoms. The zero-order chi connectivity index (χ0) is 13.8. The van der Waals surface area contributed by atoms with E-state index in [9.17, 15) is 4.79 Å². The molecule has 5 nitrogen and oxygen atoms in total. The van der Waals surface area contributed by atoms with Gasteiger partial charge in [0.05, 0.1) is 23.7 Å². The number of ether oxygens (including phenoxy) is 1. The van der Waals surface area contributed by atoms with Crippen LogP contribution in [0.3, 0.4) is 0 Å².